The van der Waals surface area contributed by atoms with Crippen LogP contribution in [0.5, 0.6) is 0 Å². The number of nitrogens with one attached hydrogen (secondary N) is 2. The highest BCUT2D eigenvalue weighted by molar-refractivity contribution is 5.95. The largest absolute Gasteiger partial charge is 0.338 e. The molecule has 120 valence electrons. The zero-order valence-corrected chi connectivity index (χ0v) is 13.6. The quantitative estimate of drug-likeness (QED) is 0.900. The minimum absolute atomic E-state index is 0.0863. The predicted molar refractivity (Wildman–Crippen MR) is 86.9 cm³/mol. The monoisotopic (exact) mass is 303 g/mol. The van der Waals surface area contributed by atoms with Crippen LogP contribution in [0.1, 0.15) is 42.6 Å². The Balaban J connectivity index is 1.86. The second kappa shape index (κ2) is 7.29. The van der Waals surface area contributed by atoms with E-state index in [2.05, 4.69) is 10.6 Å². The van der Waals surface area contributed by atoms with E-state index < -0.39 is 0 Å². The summed E-state index contributed by atoms with van der Waals surface area (Å²) in [5.74, 6) is 0.0863. The van der Waals surface area contributed by atoms with Crippen LogP contribution < -0.4 is 10.6 Å². The molecule has 1 aliphatic rings. The molecule has 0 unspecified atom stereocenters. The van der Waals surface area contributed by atoms with Crippen LogP contribution in [-0.4, -0.2) is 42.0 Å². The van der Waals surface area contributed by atoms with Crippen molar-refractivity contribution in [1.29, 1.82) is 0 Å². The molecule has 0 bridgehead atoms. The molecular weight excluding hydrogens is 278 g/mol. The summed E-state index contributed by atoms with van der Waals surface area (Å²) in [5, 5.41) is 5.80. The van der Waals surface area contributed by atoms with Crippen LogP contribution in [-0.2, 0) is 0 Å². The molecule has 1 aromatic rings. The van der Waals surface area contributed by atoms with Crippen LogP contribution in [0, 0.1) is 6.92 Å². The molecule has 0 radical (unpaired) electrons. The lowest BCUT2D eigenvalue weighted by Gasteiger charge is -2.33. The maximum absolute atomic E-state index is 12.5. The van der Waals surface area contributed by atoms with E-state index >= 15 is 0 Å². The molecule has 0 atom stereocenters. The Morgan fingerprint density at radius 3 is 2.41 bits per heavy atom. The van der Waals surface area contributed by atoms with E-state index in [0.29, 0.717) is 13.1 Å². The van der Waals surface area contributed by atoms with Gasteiger partial charge in [-0.05, 0) is 45.2 Å². The maximum atomic E-state index is 12.5. The Labute approximate surface area is 132 Å². The van der Waals surface area contributed by atoms with Crippen molar-refractivity contribution in [2.45, 2.75) is 45.7 Å². The molecule has 22 heavy (non-hydrogen) atoms. The van der Waals surface area contributed by atoms with Gasteiger partial charge in [0.1, 0.15) is 0 Å². The smallest absolute Gasteiger partial charge is 0.315 e. The van der Waals surface area contributed by atoms with E-state index in [1.165, 1.54) is 0 Å². The zero-order valence-electron chi connectivity index (χ0n) is 13.6. The molecule has 5 heteroatoms. The van der Waals surface area contributed by atoms with Gasteiger partial charge in [0.05, 0.1) is 0 Å². The summed E-state index contributed by atoms with van der Waals surface area (Å²) < 4.78 is 0. The highest BCUT2D eigenvalue weighted by Gasteiger charge is 2.25. The average Bonchev–Trinajstić information content (AvgIpc) is 2.47. The fourth-order valence-electron chi connectivity index (χ4n) is 2.70. The van der Waals surface area contributed by atoms with Crippen LogP contribution in [0.3, 0.4) is 0 Å². The first-order chi connectivity index (χ1) is 10.5. The summed E-state index contributed by atoms with van der Waals surface area (Å²) in [5.41, 5.74) is 1.77. The number of carbonyl (C=O) groups excluding carboxylic acids is 2. The van der Waals surface area contributed by atoms with Crippen molar-refractivity contribution in [3.63, 3.8) is 0 Å². The summed E-state index contributed by atoms with van der Waals surface area (Å²) in [6.07, 6.45) is 1.59. The number of urea groups is 1. The lowest BCUT2D eigenvalue weighted by Crippen LogP contribution is -2.50. The van der Waals surface area contributed by atoms with Crippen LogP contribution in [0.4, 0.5) is 4.79 Å². The van der Waals surface area contributed by atoms with Crippen molar-refractivity contribution in [1.82, 2.24) is 15.5 Å². The SMILES string of the molecule is Cc1ccccc1C(=O)N1CCC(NC(=O)NC(C)C)CC1. The summed E-state index contributed by atoms with van der Waals surface area (Å²) in [6, 6.07) is 7.80. The molecule has 5 nitrogen and oxygen atoms in total. The summed E-state index contributed by atoms with van der Waals surface area (Å²) in [4.78, 5) is 26.1. The van der Waals surface area contributed by atoms with Gasteiger partial charge in [0.15, 0.2) is 0 Å². The number of aryl methyl sites for hydroxylation is 1. The van der Waals surface area contributed by atoms with Gasteiger partial charge in [-0.3, -0.25) is 4.79 Å². The molecule has 1 aliphatic heterocycles. The molecule has 1 aromatic carbocycles. The van der Waals surface area contributed by atoms with Gasteiger partial charge < -0.3 is 15.5 Å². The molecule has 1 heterocycles. The number of piperidine rings is 1. The molecule has 2 N–H and O–H groups in total. The van der Waals surface area contributed by atoms with Gasteiger partial charge in [-0.25, -0.2) is 4.79 Å². The minimum Gasteiger partial charge on any atom is -0.338 e. The molecule has 0 aromatic heterocycles. The minimum atomic E-state index is -0.126. The number of benzene rings is 1. The number of likely N-dealkylation sites (tertiary alicyclic amines) is 1. The van der Waals surface area contributed by atoms with Crippen molar-refractivity contribution in [2.24, 2.45) is 0 Å². The van der Waals surface area contributed by atoms with E-state index in [-0.39, 0.29) is 24.0 Å². The molecular formula is C17H25N3O2. The second-order valence-corrected chi connectivity index (χ2v) is 6.15. The van der Waals surface area contributed by atoms with Crippen molar-refractivity contribution in [3.05, 3.63) is 35.4 Å². The Morgan fingerprint density at radius 1 is 1.18 bits per heavy atom. The van der Waals surface area contributed by atoms with Crippen molar-refractivity contribution in [3.8, 4) is 0 Å². The van der Waals surface area contributed by atoms with Crippen LogP contribution >= 0.6 is 0 Å². The molecule has 3 amide bonds. The highest BCUT2D eigenvalue weighted by Crippen LogP contribution is 2.16. The third-order valence-electron chi connectivity index (χ3n) is 3.91. The molecule has 0 aliphatic carbocycles. The lowest BCUT2D eigenvalue weighted by molar-refractivity contribution is 0.0707. The number of amides is 3. The van der Waals surface area contributed by atoms with Gasteiger partial charge in [-0.15, -0.1) is 0 Å². The Bertz CT molecular complexity index is 534. The van der Waals surface area contributed by atoms with Crippen LogP contribution in [0.15, 0.2) is 24.3 Å². The third-order valence-corrected chi connectivity index (χ3v) is 3.91. The van der Waals surface area contributed by atoms with Gasteiger partial charge in [0, 0.05) is 30.7 Å². The first-order valence-corrected chi connectivity index (χ1v) is 7.89. The van der Waals surface area contributed by atoms with Gasteiger partial charge in [0.25, 0.3) is 5.91 Å². The topological polar surface area (TPSA) is 61.4 Å². The van der Waals surface area contributed by atoms with E-state index in [1.807, 2.05) is 49.9 Å². The lowest BCUT2D eigenvalue weighted by atomic mass is 10.0. The fourth-order valence-corrected chi connectivity index (χ4v) is 2.70. The van der Waals surface area contributed by atoms with Gasteiger partial charge in [-0.2, -0.15) is 0 Å². The average molecular weight is 303 g/mol. The van der Waals surface area contributed by atoms with Gasteiger partial charge in [0.2, 0.25) is 0 Å². The van der Waals surface area contributed by atoms with E-state index in [0.717, 1.165) is 24.0 Å². The highest BCUT2D eigenvalue weighted by atomic mass is 16.2. The first-order valence-electron chi connectivity index (χ1n) is 7.89. The van der Waals surface area contributed by atoms with Crippen molar-refractivity contribution < 1.29 is 9.59 Å². The summed E-state index contributed by atoms with van der Waals surface area (Å²) >= 11 is 0. The van der Waals surface area contributed by atoms with Gasteiger partial charge in [-0.1, -0.05) is 18.2 Å². The van der Waals surface area contributed by atoms with E-state index in [9.17, 15) is 9.59 Å². The molecule has 1 saturated heterocycles. The van der Waals surface area contributed by atoms with E-state index in [1.54, 1.807) is 0 Å². The standard InChI is InChI=1S/C17H25N3O2/c1-12(2)18-17(22)19-14-8-10-20(11-9-14)16(21)15-7-5-4-6-13(15)3/h4-7,12,14H,8-11H2,1-3H3,(H2,18,19,22). The number of nitrogens with zero attached hydrogens (tertiary/aromatic N) is 1. The summed E-state index contributed by atoms with van der Waals surface area (Å²) in [6.45, 7) is 7.18. The normalized spacial score (nSPS) is 15.7. The first kappa shape index (κ1) is 16.3. The number of hydrogen-bond donors (Lipinski definition) is 2. The van der Waals surface area contributed by atoms with Crippen LogP contribution in [0.25, 0.3) is 0 Å². The number of hydrogen-bond acceptors (Lipinski definition) is 2. The Morgan fingerprint density at radius 2 is 1.82 bits per heavy atom. The molecule has 0 spiro atoms. The Hall–Kier alpha value is -2.04. The fraction of sp³-hybridized carbons (Fsp3) is 0.529. The van der Waals surface area contributed by atoms with Crippen LogP contribution in [0.2, 0.25) is 0 Å². The maximum Gasteiger partial charge on any atom is 0.315 e. The number of rotatable bonds is 3. The van der Waals surface area contributed by atoms with E-state index in [4.69, 9.17) is 0 Å². The zero-order chi connectivity index (χ0) is 16.1. The van der Waals surface area contributed by atoms with Crippen molar-refractivity contribution >= 4 is 11.9 Å². The summed E-state index contributed by atoms with van der Waals surface area (Å²) in [7, 11) is 0. The third kappa shape index (κ3) is 4.23. The molecule has 2 rings (SSSR count). The van der Waals surface area contributed by atoms with Crippen molar-refractivity contribution in [2.75, 3.05) is 13.1 Å². The number of carbonyl (C=O) groups is 2. The second-order valence-electron chi connectivity index (χ2n) is 6.15. The Kier molecular flexibility index (Phi) is 5.41. The molecule has 0 saturated carbocycles. The van der Waals surface area contributed by atoms with Gasteiger partial charge >= 0.3 is 6.03 Å². The molecule has 1 fully saturated rings. The predicted octanol–water partition coefficient (Wildman–Crippen LogP) is 2.31.